The smallest absolute Gasteiger partial charge is 0.307 e. The highest BCUT2D eigenvalue weighted by atomic mass is 35.5. The Kier molecular flexibility index (Phi) is 9.55. The van der Waals surface area contributed by atoms with Gasteiger partial charge in [0.15, 0.2) is 11.5 Å². The summed E-state index contributed by atoms with van der Waals surface area (Å²) < 4.78 is 32.5. The van der Waals surface area contributed by atoms with Crippen LogP contribution in [0.2, 0.25) is 5.02 Å². The lowest BCUT2D eigenvalue weighted by molar-refractivity contribution is -0.136. The van der Waals surface area contributed by atoms with Gasteiger partial charge in [-0.1, -0.05) is 29.8 Å². The van der Waals surface area contributed by atoms with Crippen molar-refractivity contribution in [3.63, 3.8) is 0 Å². The Labute approximate surface area is 280 Å². The molecule has 3 aromatic carbocycles. The molecule has 0 radical (unpaired) electrons. The first-order valence-corrected chi connectivity index (χ1v) is 16.1. The van der Waals surface area contributed by atoms with E-state index in [1.165, 1.54) is 29.9 Å². The summed E-state index contributed by atoms with van der Waals surface area (Å²) in [6, 6.07) is 22.7. The SMILES string of the molecule is CN1C(C(=O)Nc2ccccn2)=C(O)c2ccccc2S1(=O)=O.COc1ccc2c(c1)c(CC(=O)O)c(C)n2C(=O)c1ccc(Cl)cc1. The van der Waals surface area contributed by atoms with Gasteiger partial charge < -0.3 is 20.3 Å². The number of carboxylic acids is 1. The Morgan fingerprint density at radius 2 is 1.67 bits per heavy atom. The molecule has 14 heteroatoms. The van der Waals surface area contributed by atoms with Crippen molar-refractivity contribution in [2.24, 2.45) is 0 Å². The third-order valence-electron chi connectivity index (χ3n) is 7.61. The van der Waals surface area contributed by atoms with Crippen molar-refractivity contribution in [2.45, 2.75) is 18.2 Å². The number of halogens is 1. The second-order valence-electron chi connectivity index (χ2n) is 10.5. The Morgan fingerprint density at radius 3 is 2.31 bits per heavy atom. The van der Waals surface area contributed by atoms with Crippen molar-refractivity contribution in [2.75, 3.05) is 19.5 Å². The predicted octanol–water partition coefficient (Wildman–Crippen LogP) is 5.51. The highest BCUT2D eigenvalue weighted by Crippen LogP contribution is 2.35. The monoisotopic (exact) mass is 688 g/mol. The van der Waals surface area contributed by atoms with E-state index in [0.717, 1.165) is 4.31 Å². The molecule has 0 fully saturated rings. The number of likely N-dealkylation sites (N-methyl/N-ethyl adjacent to an activating group) is 1. The maximum Gasteiger partial charge on any atom is 0.307 e. The first-order valence-electron chi connectivity index (χ1n) is 14.3. The first kappa shape index (κ1) is 33.7. The lowest BCUT2D eigenvalue weighted by Gasteiger charge is -2.28. The number of nitrogens with one attached hydrogen (secondary N) is 1. The summed E-state index contributed by atoms with van der Waals surface area (Å²) in [4.78, 5) is 40.6. The second kappa shape index (κ2) is 13.6. The lowest BCUT2D eigenvalue weighted by atomic mass is 10.1. The molecule has 12 nitrogen and oxygen atoms in total. The van der Waals surface area contributed by atoms with E-state index in [2.05, 4.69) is 10.3 Å². The van der Waals surface area contributed by atoms with E-state index >= 15 is 0 Å². The highest BCUT2D eigenvalue weighted by molar-refractivity contribution is 7.89. The van der Waals surface area contributed by atoms with Gasteiger partial charge in [0.2, 0.25) is 0 Å². The van der Waals surface area contributed by atoms with Gasteiger partial charge in [0, 0.05) is 40.5 Å². The number of benzene rings is 3. The number of rotatable bonds is 6. The summed E-state index contributed by atoms with van der Waals surface area (Å²) in [5.74, 6) is -1.49. The quantitative estimate of drug-likeness (QED) is 0.208. The van der Waals surface area contributed by atoms with Crippen molar-refractivity contribution in [3.8, 4) is 5.75 Å². The Bertz CT molecular complexity index is 2200. The van der Waals surface area contributed by atoms with Crippen LogP contribution in [-0.2, 0) is 26.0 Å². The van der Waals surface area contributed by atoms with E-state index in [9.17, 15) is 33.0 Å². The Morgan fingerprint density at radius 1 is 0.979 bits per heavy atom. The van der Waals surface area contributed by atoms with Gasteiger partial charge in [0.25, 0.3) is 21.8 Å². The van der Waals surface area contributed by atoms with Crippen LogP contribution in [0.5, 0.6) is 5.75 Å². The van der Waals surface area contributed by atoms with Gasteiger partial charge in [-0.3, -0.25) is 23.3 Å². The molecule has 0 saturated heterocycles. The van der Waals surface area contributed by atoms with E-state index in [4.69, 9.17) is 16.3 Å². The summed E-state index contributed by atoms with van der Waals surface area (Å²) in [5.41, 5.74) is 2.07. The minimum Gasteiger partial charge on any atom is -0.505 e. The van der Waals surface area contributed by atoms with Gasteiger partial charge in [-0.15, -0.1) is 0 Å². The molecule has 1 aliphatic heterocycles. The van der Waals surface area contributed by atoms with Crippen LogP contribution in [0.4, 0.5) is 5.82 Å². The maximum atomic E-state index is 13.0. The van der Waals surface area contributed by atoms with Crippen molar-refractivity contribution in [1.29, 1.82) is 0 Å². The van der Waals surface area contributed by atoms with E-state index in [1.54, 1.807) is 86.8 Å². The number of anilines is 1. The number of hydrogen-bond donors (Lipinski definition) is 3. The molecule has 0 unspecified atom stereocenters. The van der Waals surface area contributed by atoms with Crippen LogP contribution >= 0.6 is 11.6 Å². The summed E-state index contributed by atoms with van der Waals surface area (Å²) in [6.45, 7) is 1.75. The van der Waals surface area contributed by atoms with Crippen LogP contribution in [0.3, 0.4) is 0 Å². The molecule has 5 aromatic rings. The van der Waals surface area contributed by atoms with E-state index < -0.39 is 27.7 Å². The van der Waals surface area contributed by atoms with Crippen LogP contribution in [0.1, 0.15) is 27.2 Å². The number of carboxylic acid groups (broad SMARTS) is 1. The van der Waals surface area contributed by atoms with Crippen LogP contribution in [-0.4, -0.2) is 64.4 Å². The zero-order valence-electron chi connectivity index (χ0n) is 25.8. The summed E-state index contributed by atoms with van der Waals surface area (Å²) in [6.07, 6.45) is 1.32. The molecule has 0 bridgehead atoms. The summed E-state index contributed by atoms with van der Waals surface area (Å²) >= 11 is 5.89. The van der Waals surface area contributed by atoms with Crippen LogP contribution < -0.4 is 10.1 Å². The molecule has 3 N–H and O–H groups in total. The number of ether oxygens (including phenoxy) is 1. The molecule has 0 aliphatic carbocycles. The molecule has 0 saturated carbocycles. The number of carbonyl (C=O) groups is 3. The predicted molar refractivity (Wildman–Crippen MR) is 180 cm³/mol. The van der Waals surface area contributed by atoms with Crippen LogP contribution in [0, 0.1) is 6.92 Å². The van der Waals surface area contributed by atoms with Gasteiger partial charge in [0.1, 0.15) is 11.6 Å². The zero-order chi connectivity index (χ0) is 34.7. The number of aliphatic hydroxyl groups excluding tert-OH is 1. The van der Waals surface area contributed by atoms with Crippen LogP contribution in [0.25, 0.3) is 16.7 Å². The third-order valence-corrected chi connectivity index (χ3v) is 9.67. The number of carbonyl (C=O) groups excluding carboxylic acids is 2. The number of fused-ring (bicyclic) bond motifs is 2. The van der Waals surface area contributed by atoms with Gasteiger partial charge >= 0.3 is 5.97 Å². The second-order valence-corrected chi connectivity index (χ2v) is 12.9. The average molecular weight is 689 g/mol. The van der Waals surface area contributed by atoms with Gasteiger partial charge in [-0.25, -0.2) is 13.4 Å². The molecular formula is C34H29ClN4O8S. The summed E-state index contributed by atoms with van der Waals surface area (Å²) in [7, 11) is -1.15. The molecule has 3 heterocycles. The minimum absolute atomic E-state index is 0.0469. The van der Waals surface area contributed by atoms with Gasteiger partial charge in [-0.05, 0) is 79.2 Å². The van der Waals surface area contributed by atoms with Gasteiger partial charge in [0.05, 0.1) is 23.9 Å². The minimum atomic E-state index is -3.91. The number of aliphatic carboxylic acids is 1. The maximum absolute atomic E-state index is 13.0. The van der Waals surface area contributed by atoms with Crippen molar-refractivity contribution >= 4 is 61.9 Å². The van der Waals surface area contributed by atoms with E-state index in [1.807, 2.05) is 0 Å². The van der Waals surface area contributed by atoms with E-state index in [-0.39, 0.29) is 34.3 Å². The average Bonchev–Trinajstić information content (AvgIpc) is 3.34. The molecule has 6 rings (SSSR count). The number of sulfonamides is 1. The highest BCUT2D eigenvalue weighted by Gasteiger charge is 2.37. The molecule has 48 heavy (non-hydrogen) atoms. The number of amides is 1. The van der Waals surface area contributed by atoms with Gasteiger partial charge in [-0.2, -0.15) is 0 Å². The molecule has 0 atom stereocenters. The fourth-order valence-corrected chi connectivity index (χ4v) is 6.77. The number of pyridine rings is 1. The third kappa shape index (κ3) is 6.46. The molecule has 1 amide bonds. The fourth-order valence-electron chi connectivity index (χ4n) is 5.24. The van der Waals surface area contributed by atoms with Crippen LogP contribution in [0.15, 0.2) is 102 Å². The largest absolute Gasteiger partial charge is 0.505 e. The van der Waals surface area contributed by atoms with Crippen molar-refractivity contribution < 1.29 is 37.8 Å². The van der Waals surface area contributed by atoms with Crippen molar-refractivity contribution in [1.82, 2.24) is 13.9 Å². The number of hydrogen-bond acceptors (Lipinski definition) is 8. The zero-order valence-corrected chi connectivity index (χ0v) is 27.4. The summed E-state index contributed by atoms with van der Waals surface area (Å²) in [5, 5.41) is 23.3. The molecule has 1 aliphatic rings. The normalized spacial score (nSPS) is 13.3. The molecule has 246 valence electrons. The first-order chi connectivity index (χ1) is 22.8. The Balaban J connectivity index is 0.000000188. The number of methoxy groups -OCH3 is 1. The number of aliphatic hydroxyl groups is 1. The fraction of sp³-hybridized carbons (Fsp3) is 0.118. The molecule has 0 spiro atoms. The molecule has 2 aromatic heterocycles. The Hall–Kier alpha value is -5.66. The standard InChI is InChI=1S/C19H16ClNO4.C15H13N3O4S/c1-11-15(10-18(22)23)16-9-14(25-2)7-8-17(16)21(11)19(24)12-3-5-13(20)6-4-12;1-18-13(15(20)17-12-8-4-5-9-16-12)14(19)10-6-2-3-7-11(10)23(18,21)22/h3-9H,10H2,1-2H3,(H,22,23);2-9,19H,1H3,(H,16,17,20). The number of nitrogens with zero attached hydrogens (tertiary/aromatic N) is 3. The van der Waals surface area contributed by atoms with Crippen molar-refractivity contribution in [3.05, 3.63) is 124 Å². The topological polar surface area (TPSA) is 168 Å². The van der Waals surface area contributed by atoms with E-state index in [0.29, 0.717) is 38.5 Å². The molecular weight excluding hydrogens is 660 g/mol. The lowest BCUT2D eigenvalue weighted by Crippen LogP contribution is -2.37. The number of aromatic nitrogens is 2.